The molecule has 2 aromatic heterocycles. The standard InChI is InChI=1S/C38H41F4N9O3/c1-3-33(25(2)52)51-34(53)50(24-44-51)30-11-9-29(10-12-30)48-16-14-47(15-17-48)28-7-4-26(5-8-28)35-19-36(20-35,21-35)38(41,42)37(54,22-49-23-43-45-46-49)31-13-6-27(39)18-32(31)40/h4-13,18,23-25,33,52,54H,3,14-17,19-22H2,1-2H3/t25-,33-,35?,36?,37-/m0/s1. The number of alkyl halides is 2. The molecule has 4 aliphatic rings. The van der Waals surface area contributed by atoms with Gasteiger partial charge in [0.25, 0.3) is 5.92 Å². The minimum atomic E-state index is -3.79. The number of hydrogen-bond donors (Lipinski definition) is 2. The third kappa shape index (κ3) is 5.60. The summed E-state index contributed by atoms with van der Waals surface area (Å²) in [5, 5.41) is 36.5. The molecule has 1 saturated heterocycles. The Morgan fingerprint density at radius 1 is 0.870 bits per heavy atom. The first-order valence-electron chi connectivity index (χ1n) is 18.1. The molecule has 5 aromatic rings. The Kier molecular flexibility index (Phi) is 8.67. The van der Waals surface area contributed by atoms with Gasteiger partial charge in [-0.3, -0.25) is 0 Å². The van der Waals surface area contributed by atoms with Crippen LogP contribution in [0, 0.1) is 17.0 Å². The number of tetrazole rings is 1. The Morgan fingerprint density at radius 3 is 2.00 bits per heavy atom. The van der Waals surface area contributed by atoms with Crippen LogP contribution in [0.5, 0.6) is 0 Å². The van der Waals surface area contributed by atoms with Gasteiger partial charge in [-0.1, -0.05) is 19.1 Å². The van der Waals surface area contributed by atoms with Gasteiger partial charge in [0.2, 0.25) is 0 Å². The summed E-state index contributed by atoms with van der Waals surface area (Å²) in [5.41, 5.74) is -2.37. The van der Waals surface area contributed by atoms with Gasteiger partial charge in [-0.25, -0.2) is 36.3 Å². The first-order valence-corrected chi connectivity index (χ1v) is 18.1. The molecule has 2 bridgehead atoms. The smallest absolute Gasteiger partial charge is 0.350 e. The van der Waals surface area contributed by atoms with Crippen molar-refractivity contribution in [1.82, 2.24) is 34.6 Å². The van der Waals surface area contributed by atoms with E-state index < -0.39 is 58.2 Å². The van der Waals surface area contributed by atoms with E-state index >= 15 is 8.78 Å². The Labute approximate surface area is 308 Å². The van der Waals surface area contributed by atoms with Gasteiger partial charge in [-0.05, 0) is 103 Å². The largest absolute Gasteiger partial charge is 0.391 e. The van der Waals surface area contributed by atoms with Crippen LogP contribution in [0.1, 0.15) is 56.7 Å². The second-order valence-corrected chi connectivity index (χ2v) is 15.1. The highest BCUT2D eigenvalue weighted by Gasteiger charge is 2.82. The molecule has 3 aromatic carbocycles. The maximum Gasteiger partial charge on any atom is 0.350 e. The van der Waals surface area contributed by atoms with Crippen molar-refractivity contribution < 1.29 is 27.8 Å². The molecule has 0 unspecified atom stereocenters. The maximum absolute atomic E-state index is 16.6. The predicted octanol–water partition coefficient (Wildman–Crippen LogP) is 4.60. The topological polar surface area (TPSA) is 130 Å². The minimum absolute atomic E-state index is 0.114. The Morgan fingerprint density at radius 2 is 1.46 bits per heavy atom. The highest BCUT2D eigenvalue weighted by atomic mass is 19.3. The van der Waals surface area contributed by atoms with E-state index in [9.17, 15) is 23.8 Å². The highest BCUT2D eigenvalue weighted by molar-refractivity contribution is 5.55. The lowest BCUT2D eigenvalue weighted by Crippen LogP contribution is -2.76. The molecule has 284 valence electrons. The zero-order valence-corrected chi connectivity index (χ0v) is 29.9. The number of nitrogens with zero attached hydrogens (tertiary/aromatic N) is 9. The molecule has 0 amide bonds. The number of hydrogen-bond acceptors (Lipinski definition) is 9. The number of aliphatic hydroxyl groups excluding tert-OH is 1. The summed E-state index contributed by atoms with van der Waals surface area (Å²) in [6.45, 7) is 5.83. The average Bonchev–Trinajstić information content (AvgIpc) is 3.77. The summed E-state index contributed by atoms with van der Waals surface area (Å²) in [6, 6.07) is 17.6. The maximum atomic E-state index is 16.6. The Bertz CT molecular complexity index is 2160. The highest BCUT2D eigenvalue weighted by Crippen LogP contribution is 2.80. The van der Waals surface area contributed by atoms with Crippen molar-refractivity contribution in [2.24, 2.45) is 5.41 Å². The molecule has 3 heterocycles. The van der Waals surface area contributed by atoms with Gasteiger partial charge in [0.15, 0.2) is 5.60 Å². The molecule has 12 nitrogen and oxygen atoms in total. The lowest BCUT2D eigenvalue weighted by atomic mass is 9.30. The average molecular weight is 748 g/mol. The number of rotatable bonds is 12. The molecule has 0 radical (unpaired) electrons. The molecule has 54 heavy (non-hydrogen) atoms. The predicted molar refractivity (Wildman–Crippen MR) is 191 cm³/mol. The molecular weight excluding hydrogens is 706 g/mol. The molecule has 3 atom stereocenters. The van der Waals surface area contributed by atoms with Crippen molar-refractivity contribution in [3.8, 4) is 5.69 Å². The van der Waals surface area contributed by atoms with Crippen LogP contribution >= 0.6 is 0 Å². The van der Waals surface area contributed by atoms with Crippen LogP contribution in [0.2, 0.25) is 0 Å². The van der Waals surface area contributed by atoms with Gasteiger partial charge in [0, 0.05) is 54.6 Å². The fourth-order valence-corrected chi connectivity index (χ4v) is 9.04. The molecule has 16 heteroatoms. The number of anilines is 2. The molecule has 1 aliphatic heterocycles. The molecule has 3 aliphatic carbocycles. The monoisotopic (exact) mass is 747 g/mol. The van der Waals surface area contributed by atoms with Crippen LogP contribution in [-0.4, -0.2) is 83.0 Å². The summed E-state index contributed by atoms with van der Waals surface area (Å²) in [5.74, 6) is -5.99. The van der Waals surface area contributed by atoms with Gasteiger partial charge in [0.1, 0.15) is 24.3 Å². The first kappa shape index (κ1) is 35.9. The van der Waals surface area contributed by atoms with Crippen molar-refractivity contribution >= 4 is 11.4 Å². The van der Waals surface area contributed by atoms with Crippen LogP contribution in [0.15, 0.2) is 84.2 Å². The lowest BCUT2D eigenvalue weighted by molar-refractivity contribution is -0.347. The summed E-state index contributed by atoms with van der Waals surface area (Å²) in [4.78, 5) is 17.6. The second-order valence-electron chi connectivity index (χ2n) is 15.1. The third-order valence-corrected chi connectivity index (χ3v) is 12.0. The molecular formula is C38H41F4N9O3. The van der Waals surface area contributed by atoms with Crippen LogP contribution in [0.3, 0.4) is 0 Å². The molecule has 4 fully saturated rings. The van der Waals surface area contributed by atoms with E-state index in [2.05, 4.69) is 30.4 Å². The zero-order valence-electron chi connectivity index (χ0n) is 29.9. The summed E-state index contributed by atoms with van der Waals surface area (Å²) < 4.78 is 65.7. The lowest BCUT2D eigenvalue weighted by Gasteiger charge is -2.74. The number of piperazine rings is 1. The molecule has 9 rings (SSSR count). The fraction of sp³-hybridized carbons (Fsp3) is 0.447. The van der Waals surface area contributed by atoms with Crippen molar-refractivity contribution in [3.05, 3.63) is 113 Å². The SMILES string of the molecule is CC[C@@H]([C@H](C)O)n1ncn(-c2ccc(N3CCN(c4ccc(C56CC(C(F)(F)[C@](O)(Cn7cnnn7)c7ccc(F)cc7F)(C5)C6)cc4)CC3)cc2)c1=O. The van der Waals surface area contributed by atoms with Gasteiger partial charge in [0.05, 0.1) is 24.4 Å². The van der Waals surface area contributed by atoms with E-state index in [-0.39, 0.29) is 25.0 Å². The van der Waals surface area contributed by atoms with Gasteiger partial charge in [-0.2, -0.15) is 5.10 Å². The van der Waals surface area contributed by atoms with E-state index in [1.807, 2.05) is 55.5 Å². The van der Waals surface area contributed by atoms with Crippen LogP contribution < -0.4 is 15.5 Å². The number of aliphatic hydroxyl groups is 2. The van der Waals surface area contributed by atoms with Gasteiger partial charge in [-0.15, -0.1) is 5.10 Å². The summed E-state index contributed by atoms with van der Waals surface area (Å²) >= 11 is 0. The van der Waals surface area contributed by atoms with Crippen LogP contribution in [0.4, 0.5) is 28.9 Å². The molecule has 2 N–H and O–H groups in total. The van der Waals surface area contributed by atoms with Gasteiger partial charge < -0.3 is 20.0 Å². The normalized spacial score (nSPS) is 23.3. The van der Waals surface area contributed by atoms with Crippen LogP contribution in [-0.2, 0) is 17.6 Å². The summed E-state index contributed by atoms with van der Waals surface area (Å²) in [7, 11) is 0. The van der Waals surface area contributed by atoms with E-state index in [1.54, 1.807) is 6.92 Å². The van der Waals surface area contributed by atoms with E-state index in [0.717, 1.165) is 66.3 Å². The summed E-state index contributed by atoms with van der Waals surface area (Å²) in [6.07, 6.45) is 2.76. The van der Waals surface area contributed by atoms with Gasteiger partial charge >= 0.3 is 5.69 Å². The van der Waals surface area contributed by atoms with Crippen molar-refractivity contribution in [3.63, 3.8) is 0 Å². The van der Waals surface area contributed by atoms with E-state index in [4.69, 9.17) is 0 Å². The number of aromatic nitrogens is 7. The Hall–Kier alpha value is -5.09. The van der Waals surface area contributed by atoms with Crippen LogP contribution in [0.25, 0.3) is 5.69 Å². The fourth-order valence-electron chi connectivity index (χ4n) is 9.04. The second kappa shape index (κ2) is 13.0. The van der Waals surface area contributed by atoms with Crippen molar-refractivity contribution in [2.45, 2.75) is 75.2 Å². The quantitative estimate of drug-likeness (QED) is 0.176. The molecule has 0 spiro atoms. The number of halogens is 4. The zero-order chi connectivity index (χ0) is 38.0. The van der Waals surface area contributed by atoms with Crippen molar-refractivity contribution in [1.29, 1.82) is 0 Å². The number of benzene rings is 3. The third-order valence-electron chi connectivity index (χ3n) is 12.0. The van der Waals surface area contributed by atoms with Crippen molar-refractivity contribution in [2.75, 3.05) is 36.0 Å². The van der Waals surface area contributed by atoms with E-state index in [0.29, 0.717) is 18.2 Å². The minimum Gasteiger partial charge on any atom is -0.391 e. The Balaban J connectivity index is 0.905. The first-order chi connectivity index (χ1) is 25.8. The van der Waals surface area contributed by atoms with E-state index in [1.165, 1.54) is 15.6 Å². The molecule has 3 saturated carbocycles.